The van der Waals surface area contributed by atoms with Crippen molar-refractivity contribution in [2.45, 2.75) is 6.92 Å². The van der Waals surface area contributed by atoms with E-state index in [0.717, 1.165) is 5.69 Å². The number of hydrogen-bond donors (Lipinski definition) is 0. The molecule has 1 aromatic heterocycles. The van der Waals surface area contributed by atoms with E-state index in [9.17, 15) is 0 Å². The van der Waals surface area contributed by atoms with E-state index in [-0.39, 0.29) is 0 Å². The molecule has 0 aromatic carbocycles. The van der Waals surface area contributed by atoms with Gasteiger partial charge in [-0.3, -0.25) is 4.98 Å². The van der Waals surface area contributed by atoms with Crippen LogP contribution in [-0.2, 0) is 0 Å². The monoisotopic (exact) mass is 162 g/mol. The first-order valence-electron chi connectivity index (χ1n) is 3.99. The molecule has 0 aliphatic heterocycles. The maximum Gasteiger partial charge on any atom is 0.0620 e. The Kier molecular flexibility index (Phi) is 2.86. The highest BCUT2D eigenvalue weighted by Crippen LogP contribution is 2.17. The zero-order valence-electron chi connectivity index (χ0n) is 7.78. The van der Waals surface area contributed by atoms with E-state index < -0.39 is 0 Å². The van der Waals surface area contributed by atoms with Gasteiger partial charge in [-0.15, -0.1) is 0 Å². The number of hydrogen-bond acceptors (Lipinski definition) is 2. The normalized spacial score (nSPS) is 10.6. The summed E-state index contributed by atoms with van der Waals surface area (Å²) in [5.74, 6) is 0. The third-order valence-electron chi connectivity index (χ3n) is 1.66. The second-order valence-corrected chi connectivity index (χ2v) is 2.83. The average Bonchev–Trinajstić information content (AvgIpc) is 2.05. The van der Waals surface area contributed by atoms with E-state index >= 15 is 0 Å². The van der Waals surface area contributed by atoms with Gasteiger partial charge < -0.3 is 4.90 Å². The van der Waals surface area contributed by atoms with Crippen LogP contribution in [0.3, 0.4) is 0 Å². The first kappa shape index (κ1) is 8.78. The molecule has 0 atom stereocenters. The minimum absolute atomic E-state index is 1.15. The van der Waals surface area contributed by atoms with Crippen LogP contribution in [0.5, 0.6) is 0 Å². The van der Waals surface area contributed by atoms with Crippen LogP contribution in [0.1, 0.15) is 12.5 Å². The van der Waals surface area contributed by atoms with Crippen molar-refractivity contribution >= 4 is 11.8 Å². The molecule has 1 aromatic rings. The molecule has 0 fully saturated rings. The van der Waals surface area contributed by atoms with Crippen LogP contribution in [0, 0.1) is 0 Å². The fourth-order valence-corrected chi connectivity index (χ4v) is 1.09. The lowest BCUT2D eigenvalue weighted by molar-refractivity contribution is 1.11. The molecule has 0 spiro atoms. The minimum atomic E-state index is 1.15. The van der Waals surface area contributed by atoms with Crippen molar-refractivity contribution in [3.05, 3.63) is 30.1 Å². The van der Waals surface area contributed by atoms with Gasteiger partial charge in [-0.2, -0.15) is 0 Å². The van der Waals surface area contributed by atoms with Crippen molar-refractivity contribution in [1.29, 1.82) is 0 Å². The lowest BCUT2D eigenvalue weighted by Crippen LogP contribution is -2.10. The summed E-state index contributed by atoms with van der Waals surface area (Å²) in [5, 5.41) is 0. The molecule has 64 valence electrons. The zero-order chi connectivity index (χ0) is 8.97. The van der Waals surface area contributed by atoms with Crippen LogP contribution in [0.2, 0.25) is 0 Å². The van der Waals surface area contributed by atoms with Crippen LogP contribution in [0.15, 0.2) is 24.5 Å². The Bertz CT molecular complexity index is 277. The van der Waals surface area contributed by atoms with Crippen LogP contribution in [0.25, 0.3) is 6.08 Å². The molecule has 1 heterocycles. The van der Waals surface area contributed by atoms with Crippen LogP contribution < -0.4 is 4.90 Å². The summed E-state index contributed by atoms with van der Waals surface area (Å²) in [7, 11) is 4.04. The van der Waals surface area contributed by atoms with E-state index in [1.54, 1.807) is 0 Å². The maximum atomic E-state index is 4.07. The van der Waals surface area contributed by atoms with Crippen molar-refractivity contribution in [1.82, 2.24) is 4.98 Å². The van der Waals surface area contributed by atoms with Crippen LogP contribution in [-0.4, -0.2) is 19.1 Å². The molecule has 1 rings (SSSR count). The number of nitrogens with zero attached hydrogens (tertiary/aromatic N) is 2. The molecule has 0 aliphatic rings. The van der Waals surface area contributed by atoms with Gasteiger partial charge in [0, 0.05) is 25.9 Å². The molecule has 0 saturated carbocycles. The molecule has 0 saturated heterocycles. The molecule has 12 heavy (non-hydrogen) atoms. The quantitative estimate of drug-likeness (QED) is 0.662. The molecule has 0 radical (unpaired) electrons. The van der Waals surface area contributed by atoms with E-state index in [2.05, 4.69) is 16.0 Å². The largest absolute Gasteiger partial charge is 0.376 e. The SMILES string of the molecule is C/C=C/c1ccncc1N(C)C. The number of allylic oxidation sites excluding steroid dienone is 1. The van der Waals surface area contributed by atoms with Gasteiger partial charge in [-0.05, 0) is 13.0 Å². The molecule has 0 unspecified atom stereocenters. The van der Waals surface area contributed by atoms with Gasteiger partial charge in [0.2, 0.25) is 0 Å². The Morgan fingerprint density at radius 1 is 1.42 bits per heavy atom. The molecule has 2 heteroatoms. The Balaban J connectivity index is 3.08. The van der Waals surface area contributed by atoms with Crippen LogP contribution >= 0.6 is 0 Å². The van der Waals surface area contributed by atoms with Gasteiger partial charge in [0.05, 0.1) is 11.9 Å². The van der Waals surface area contributed by atoms with Crippen molar-refractivity contribution < 1.29 is 0 Å². The maximum absolute atomic E-state index is 4.07. The number of pyridine rings is 1. The lowest BCUT2D eigenvalue weighted by Gasteiger charge is -2.14. The third kappa shape index (κ3) is 1.84. The van der Waals surface area contributed by atoms with Gasteiger partial charge in [-0.25, -0.2) is 0 Å². The molecule has 0 N–H and O–H groups in total. The Morgan fingerprint density at radius 3 is 2.75 bits per heavy atom. The van der Waals surface area contributed by atoms with Crippen molar-refractivity contribution in [2.24, 2.45) is 0 Å². The predicted octanol–water partition coefficient (Wildman–Crippen LogP) is 2.18. The van der Waals surface area contributed by atoms with Gasteiger partial charge in [-0.1, -0.05) is 12.2 Å². The van der Waals surface area contributed by atoms with Gasteiger partial charge in [0.1, 0.15) is 0 Å². The van der Waals surface area contributed by atoms with Crippen LogP contribution in [0.4, 0.5) is 5.69 Å². The smallest absolute Gasteiger partial charge is 0.0620 e. The van der Waals surface area contributed by atoms with Gasteiger partial charge in [0.25, 0.3) is 0 Å². The van der Waals surface area contributed by atoms with Gasteiger partial charge >= 0.3 is 0 Å². The fourth-order valence-electron chi connectivity index (χ4n) is 1.09. The van der Waals surface area contributed by atoms with Crippen molar-refractivity contribution in [2.75, 3.05) is 19.0 Å². The third-order valence-corrected chi connectivity index (χ3v) is 1.66. The van der Waals surface area contributed by atoms with Crippen molar-refractivity contribution in [3.8, 4) is 0 Å². The molecule has 0 bridgehead atoms. The first-order valence-corrected chi connectivity index (χ1v) is 3.99. The number of anilines is 1. The Hall–Kier alpha value is -1.31. The summed E-state index contributed by atoms with van der Waals surface area (Å²) in [5.41, 5.74) is 2.35. The summed E-state index contributed by atoms with van der Waals surface area (Å²) < 4.78 is 0. The van der Waals surface area contributed by atoms with E-state index in [1.807, 2.05) is 45.6 Å². The summed E-state index contributed by atoms with van der Waals surface area (Å²) in [6.07, 6.45) is 7.79. The molecule has 0 aliphatic carbocycles. The highest BCUT2D eigenvalue weighted by atomic mass is 15.1. The number of aromatic nitrogens is 1. The summed E-state index contributed by atoms with van der Waals surface area (Å²) in [6, 6.07) is 2.01. The highest BCUT2D eigenvalue weighted by Gasteiger charge is 1.99. The topological polar surface area (TPSA) is 16.1 Å². The first-order chi connectivity index (χ1) is 5.75. The molecule has 2 nitrogen and oxygen atoms in total. The lowest BCUT2D eigenvalue weighted by atomic mass is 10.2. The molecule has 0 amide bonds. The number of rotatable bonds is 2. The predicted molar refractivity (Wildman–Crippen MR) is 53.3 cm³/mol. The Labute approximate surface area is 73.5 Å². The molecular weight excluding hydrogens is 148 g/mol. The zero-order valence-corrected chi connectivity index (χ0v) is 7.78. The van der Waals surface area contributed by atoms with E-state index in [1.165, 1.54) is 5.56 Å². The van der Waals surface area contributed by atoms with E-state index in [0.29, 0.717) is 0 Å². The Morgan fingerprint density at radius 2 is 2.17 bits per heavy atom. The summed E-state index contributed by atoms with van der Waals surface area (Å²) >= 11 is 0. The van der Waals surface area contributed by atoms with E-state index in [4.69, 9.17) is 0 Å². The molecular formula is C10H14N2. The fraction of sp³-hybridized carbons (Fsp3) is 0.300. The summed E-state index contributed by atoms with van der Waals surface area (Å²) in [6.45, 7) is 2.01. The van der Waals surface area contributed by atoms with Gasteiger partial charge in [0.15, 0.2) is 0 Å². The standard InChI is InChI=1S/C10H14N2/c1-4-5-9-6-7-11-8-10(9)12(2)3/h4-8H,1-3H3/b5-4+. The average molecular weight is 162 g/mol. The minimum Gasteiger partial charge on any atom is -0.376 e. The second kappa shape index (κ2) is 3.90. The highest BCUT2D eigenvalue weighted by molar-refractivity contribution is 5.65. The van der Waals surface area contributed by atoms with Crippen molar-refractivity contribution in [3.63, 3.8) is 0 Å². The second-order valence-electron chi connectivity index (χ2n) is 2.83. The summed E-state index contributed by atoms with van der Waals surface area (Å²) in [4.78, 5) is 6.13.